The van der Waals surface area contributed by atoms with Crippen molar-refractivity contribution in [3.63, 3.8) is 0 Å². The number of carbonyl (C=O) groups is 2. The summed E-state index contributed by atoms with van der Waals surface area (Å²) in [5.74, 6) is 0.920. The molecular weight excluding hydrogens is 372 g/mol. The van der Waals surface area contributed by atoms with Crippen LogP contribution < -0.4 is 10.1 Å². The quantitative estimate of drug-likeness (QED) is 0.672. The van der Waals surface area contributed by atoms with Crippen molar-refractivity contribution in [1.82, 2.24) is 20.1 Å². The van der Waals surface area contributed by atoms with Crippen molar-refractivity contribution in [3.05, 3.63) is 60.7 Å². The Kier molecular flexibility index (Phi) is 5.60. The third-order valence-electron chi connectivity index (χ3n) is 4.81. The summed E-state index contributed by atoms with van der Waals surface area (Å²) in [5.41, 5.74) is 0.915. The number of rotatable bonds is 5. The Morgan fingerprint density at radius 3 is 2.69 bits per heavy atom. The van der Waals surface area contributed by atoms with Gasteiger partial charge in [-0.2, -0.15) is 0 Å². The van der Waals surface area contributed by atoms with Gasteiger partial charge in [0, 0.05) is 37.8 Å². The van der Waals surface area contributed by atoms with Crippen molar-refractivity contribution in [1.29, 1.82) is 0 Å². The standard InChI is InChI=1S/C21H22N4O4/c26-20(19-4-2-13-29-19)24-9-11-25(12-10-24)21(27)23-8-14-28-17-5-6-18-16(15-17)3-1-7-22-18/h1-7,13,15H,8-12,14H2,(H,23,27). The summed E-state index contributed by atoms with van der Waals surface area (Å²) in [6.45, 7) is 2.70. The highest BCUT2D eigenvalue weighted by atomic mass is 16.5. The van der Waals surface area contributed by atoms with Crippen LogP contribution in [0.1, 0.15) is 10.6 Å². The molecule has 0 radical (unpaired) electrons. The van der Waals surface area contributed by atoms with E-state index in [0.29, 0.717) is 45.1 Å². The van der Waals surface area contributed by atoms with Crippen LogP contribution in [0.3, 0.4) is 0 Å². The molecule has 1 aliphatic heterocycles. The summed E-state index contributed by atoms with van der Waals surface area (Å²) in [6.07, 6.45) is 3.24. The van der Waals surface area contributed by atoms with E-state index < -0.39 is 0 Å². The molecule has 8 heteroatoms. The highest BCUT2D eigenvalue weighted by Crippen LogP contribution is 2.18. The molecule has 1 N–H and O–H groups in total. The van der Waals surface area contributed by atoms with Gasteiger partial charge in [0.05, 0.1) is 18.3 Å². The monoisotopic (exact) mass is 394 g/mol. The van der Waals surface area contributed by atoms with Gasteiger partial charge in [-0.1, -0.05) is 6.07 Å². The molecule has 1 fully saturated rings. The minimum absolute atomic E-state index is 0.144. The maximum atomic E-state index is 12.3. The SMILES string of the molecule is O=C(NCCOc1ccc2ncccc2c1)N1CCN(C(=O)c2ccco2)CC1. The molecule has 0 spiro atoms. The fourth-order valence-electron chi connectivity index (χ4n) is 3.25. The Morgan fingerprint density at radius 2 is 1.90 bits per heavy atom. The summed E-state index contributed by atoms with van der Waals surface area (Å²) in [5, 5.41) is 3.87. The maximum Gasteiger partial charge on any atom is 0.317 e. The number of pyridine rings is 1. The number of furan rings is 1. The van der Waals surface area contributed by atoms with Crippen LogP contribution in [0.15, 0.2) is 59.3 Å². The van der Waals surface area contributed by atoms with E-state index in [1.807, 2.05) is 30.3 Å². The first-order chi connectivity index (χ1) is 14.2. The maximum absolute atomic E-state index is 12.3. The zero-order chi connectivity index (χ0) is 20.1. The third-order valence-corrected chi connectivity index (χ3v) is 4.81. The number of benzene rings is 1. The lowest BCUT2D eigenvalue weighted by atomic mass is 10.2. The first kappa shape index (κ1) is 18.8. The van der Waals surface area contributed by atoms with Gasteiger partial charge in [-0.3, -0.25) is 9.78 Å². The van der Waals surface area contributed by atoms with Crippen LogP contribution in [0.4, 0.5) is 4.79 Å². The van der Waals surface area contributed by atoms with Crippen LogP contribution in [0, 0.1) is 0 Å². The normalized spacial score (nSPS) is 14.1. The van der Waals surface area contributed by atoms with E-state index in [4.69, 9.17) is 9.15 Å². The van der Waals surface area contributed by atoms with Gasteiger partial charge < -0.3 is 24.3 Å². The minimum atomic E-state index is -0.151. The molecule has 0 saturated carbocycles. The van der Waals surface area contributed by atoms with Gasteiger partial charge in [0.25, 0.3) is 5.91 Å². The predicted molar refractivity (Wildman–Crippen MR) is 107 cm³/mol. The molecule has 3 aromatic rings. The Morgan fingerprint density at radius 1 is 1.07 bits per heavy atom. The number of nitrogens with one attached hydrogen (secondary N) is 1. The van der Waals surface area contributed by atoms with Gasteiger partial charge in [-0.05, 0) is 36.4 Å². The Hall–Kier alpha value is -3.55. The van der Waals surface area contributed by atoms with Gasteiger partial charge in [0.15, 0.2) is 5.76 Å². The van der Waals surface area contributed by atoms with Crippen molar-refractivity contribution >= 4 is 22.8 Å². The molecule has 8 nitrogen and oxygen atoms in total. The lowest BCUT2D eigenvalue weighted by Gasteiger charge is -2.34. The number of fused-ring (bicyclic) bond motifs is 1. The van der Waals surface area contributed by atoms with Crippen LogP contribution in [-0.2, 0) is 0 Å². The second kappa shape index (κ2) is 8.64. The molecule has 3 heterocycles. The number of aromatic nitrogens is 1. The fourth-order valence-corrected chi connectivity index (χ4v) is 3.25. The van der Waals surface area contributed by atoms with Crippen molar-refractivity contribution in [3.8, 4) is 5.75 Å². The second-order valence-electron chi connectivity index (χ2n) is 6.69. The van der Waals surface area contributed by atoms with E-state index in [2.05, 4.69) is 10.3 Å². The lowest BCUT2D eigenvalue weighted by molar-refractivity contribution is 0.0634. The van der Waals surface area contributed by atoms with Crippen LogP contribution in [0.5, 0.6) is 5.75 Å². The van der Waals surface area contributed by atoms with Crippen LogP contribution >= 0.6 is 0 Å². The molecule has 4 rings (SSSR count). The van der Waals surface area contributed by atoms with E-state index in [1.165, 1.54) is 6.26 Å². The number of piperazine rings is 1. The van der Waals surface area contributed by atoms with Gasteiger partial charge >= 0.3 is 6.03 Å². The van der Waals surface area contributed by atoms with Crippen molar-refractivity contribution in [2.24, 2.45) is 0 Å². The smallest absolute Gasteiger partial charge is 0.317 e. The van der Waals surface area contributed by atoms with Gasteiger partial charge in [0.1, 0.15) is 12.4 Å². The molecule has 1 aliphatic rings. The number of hydrogen-bond donors (Lipinski definition) is 1. The van der Waals surface area contributed by atoms with Crippen LogP contribution in [0.2, 0.25) is 0 Å². The highest BCUT2D eigenvalue weighted by Gasteiger charge is 2.25. The lowest BCUT2D eigenvalue weighted by Crippen LogP contribution is -2.53. The zero-order valence-electron chi connectivity index (χ0n) is 15.9. The molecule has 3 amide bonds. The number of hydrogen-bond acceptors (Lipinski definition) is 5. The molecule has 2 aromatic heterocycles. The Labute approximate surface area is 168 Å². The number of nitrogens with zero attached hydrogens (tertiary/aromatic N) is 3. The topological polar surface area (TPSA) is 87.9 Å². The molecule has 1 saturated heterocycles. The summed E-state index contributed by atoms with van der Waals surface area (Å²) < 4.78 is 10.9. The number of carbonyl (C=O) groups excluding carboxylic acids is 2. The Bertz CT molecular complexity index is 981. The van der Waals surface area contributed by atoms with Crippen molar-refractivity contribution in [2.45, 2.75) is 0 Å². The molecule has 0 aliphatic carbocycles. The Balaban J connectivity index is 1.19. The first-order valence-electron chi connectivity index (χ1n) is 9.54. The summed E-state index contributed by atoms with van der Waals surface area (Å²) in [4.78, 5) is 32.2. The molecule has 1 aromatic carbocycles. The predicted octanol–water partition coefficient (Wildman–Crippen LogP) is 2.37. The number of amides is 3. The van der Waals surface area contributed by atoms with E-state index in [0.717, 1.165) is 16.7 Å². The second-order valence-corrected chi connectivity index (χ2v) is 6.69. The van der Waals surface area contributed by atoms with Crippen LogP contribution in [-0.4, -0.2) is 66.1 Å². The molecule has 0 unspecified atom stereocenters. The zero-order valence-corrected chi connectivity index (χ0v) is 15.9. The largest absolute Gasteiger partial charge is 0.492 e. The summed E-state index contributed by atoms with van der Waals surface area (Å²) in [6, 6.07) is 12.8. The van der Waals surface area contributed by atoms with E-state index >= 15 is 0 Å². The van der Waals surface area contributed by atoms with Gasteiger partial charge in [-0.25, -0.2) is 4.79 Å². The first-order valence-corrected chi connectivity index (χ1v) is 9.54. The van der Waals surface area contributed by atoms with Gasteiger partial charge in [-0.15, -0.1) is 0 Å². The van der Waals surface area contributed by atoms with Crippen LogP contribution in [0.25, 0.3) is 10.9 Å². The number of urea groups is 1. The van der Waals surface area contributed by atoms with E-state index in [-0.39, 0.29) is 11.9 Å². The molecular formula is C21H22N4O4. The summed E-state index contributed by atoms with van der Waals surface area (Å²) in [7, 11) is 0. The fraction of sp³-hybridized carbons (Fsp3) is 0.286. The van der Waals surface area contributed by atoms with E-state index in [1.54, 1.807) is 28.1 Å². The molecule has 0 atom stereocenters. The molecule has 29 heavy (non-hydrogen) atoms. The summed E-state index contributed by atoms with van der Waals surface area (Å²) >= 11 is 0. The van der Waals surface area contributed by atoms with Crippen molar-refractivity contribution < 1.29 is 18.7 Å². The third kappa shape index (κ3) is 4.48. The average molecular weight is 394 g/mol. The molecule has 150 valence electrons. The molecule has 0 bridgehead atoms. The van der Waals surface area contributed by atoms with Gasteiger partial charge in [0.2, 0.25) is 0 Å². The average Bonchev–Trinajstić information content (AvgIpc) is 3.31. The highest BCUT2D eigenvalue weighted by molar-refractivity contribution is 5.91. The van der Waals surface area contributed by atoms with E-state index in [9.17, 15) is 9.59 Å². The minimum Gasteiger partial charge on any atom is -0.492 e. The van der Waals surface area contributed by atoms with Crippen molar-refractivity contribution in [2.75, 3.05) is 39.3 Å². The number of ether oxygens (including phenoxy) is 1.